The van der Waals surface area contributed by atoms with E-state index < -0.39 is 0 Å². The van der Waals surface area contributed by atoms with Crippen molar-refractivity contribution in [2.45, 2.75) is 6.92 Å². The molecule has 5 nitrogen and oxygen atoms in total. The highest BCUT2D eigenvalue weighted by atomic mass is 16.5. The number of ether oxygens (including phenoxy) is 1. The summed E-state index contributed by atoms with van der Waals surface area (Å²) in [6.07, 6.45) is 0. The molecule has 2 amide bonds. The van der Waals surface area contributed by atoms with Crippen LogP contribution in [0.15, 0.2) is 42.5 Å². The number of aryl methyl sites for hydroxylation is 1. The molecule has 2 rings (SSSR count). The van der Waals surface area contributed by atoms with Gasteiger partial charge in [0.05, 0.1) is 7.11 Å². The third-order valence-electron chi connectivity index (χ3n) is 3.32. The first-order valence-corrected chi connectivity index (χ1v) is 6.99. The minimum Gasteiger partial charge on any atom is -0.497 e. The van der Waals surface area contributed by atoms with E-state index in [1.54, 1.807) is 7.11 Å². The van der Waals surface area contributed by atoms with Crippen LogP contribution in [0.25, 0.3) is 0 Å². The SMILES string of the molecule is COc1ccc(NC(=O)Nc2ccc(N(C)C)cc2)c(C)c1. The summed E-state index contributed by atoms with van der Waals surface area (Å²) < 4.78 is 5.15. The second kappa shape index (κ2) is 6.85. The second-order valence-corrected chi connectivity index (χ2v) is 5.20. The molecule has 0 atom stereocenters. The summed E-state index contributed by atoms with van der Waals surface area (Å²) in [5, 5.41) is 5.64. The van der Waals surface area contributed by atoms with Crippen LogP contribution >= 0.6 is 0 Å². The Morgan fingerprint density at radius 2 is 1.73 bits per heavy atom. The minimum absolute atomic E-state index is 0.272. The van der Waals surface area contributed by atoms with Crippen molar-refractivity contribution < 1.29 is 9.53 Å². The maximum absolute atomic E-state index is 12.0. The second-order valence-electron chi connectivity index (χ2n) is 5.20. The summed E-state index contributed by atoms with van der Waals surface area (Å²) in [4.78, 5) is 14.0. The molecular formula is C17H21N3O2. The Morgan fingerprint density at radius 1 is 1.05 bits per heavy atom. The number of urea groups is 1. The predicted octanol–water partition coefficient (Wildman–Crippen LogP) is 3.71. The number of anilines is 3. The van der Waals surface area contributed by atoms with E-state index in [1.807, 2.05) is 68.4 Å². The van der Waals surface area contributed by atoms with Gasteiger partial charge in [0.1, 0.15) is 5.75 Å². The van der Waals surface area contributed by atoms with Gasteiger partial charge in [-0.1, -0.05) is 0 Å². The van der Waals surface area contributed by atoms with Crippen LogP contribution in [-0.2, 0) is 0 Å². The van der Waals surface area contributed by atoms with Crippen LogP contribution in [0.3, 0.4) is 0 Å². The van der Waals surface area contributed by atoms with Crippen LogP contribution in [0.1, 0.15) is 5.56 Å². The van der Waals surface area contributed by atoms with E-state index >= 15 is 0 Å². The maximum Gasteiger partial charge on any atom is 0.323 e. The maximum atomic E-state index is 12.0. The zero-order valence-corrected chi connectivity index (χ0v) is 13.3. The molecule has 0 aromatic heterocycles. The van der Waals surface area contributed by atoms with Gasteiger partial charge in [0, 0.05) is 31.2 Å². The molecule has 2 aromatic rings. The zero-order chi connectivity index (χ0) is 16.1. The lowest BCUT2D eigenvalue weighted by Crippen LogP contribution is -2.20. The van der Waals surface area contributed by atoms with E-state index in [1.165, 1.54) is 0 Å². The summed E-state index contributed by atoms with van der Waals surface area (Å²) in [5.41, 5.74) is 3.52. The van der Waals surface area contributed by atoms with Crippen LogP contribution in [0.4, 0.5) is 21.9 Å². The molecule has 0 aliphatic carbocycles. The fraction of sp³-hybridized carbons (Fsp3) is 0.235. The minimum atomic E-state index is -0.272. The molecule has 22 heavy (non-hydrogen) atoms. The zero-order valence-electron chi connectivity index (χ0n) is 13.3. The van der Waals surface area contributed by atoms with E-state index in [4.69, 9.17) is 4.74 Å². The number of carbonyl (C=O) groups is 1. The number of nitrogens with one attached hydrogen (secondary N) is 2. The van der Waals surface area contributed by atoms with Gasteiger partial charge in [-0.05, 0) is 55.0 Å². The van der Waals surface area contributed by atoms with Gasteiger partial charge in [0.15, 0.2) is 0 Å². The van der Waals surface area contributed by atoms with Gasteiger partial charge in [-0.3, -0.25) is 0 Å². The van der Waals surface area contributed by atoms with Crippen molar-refractivity contribution in [2.24, 2.45) is 0 Å². The first kappa shape index (κ1) is 15.7. The monoisotopic (exact) mass is 299 g/mol. The molecule has 0 unspecified atom stereocenters. The van der Waals surface area contributed by atoms with Crippen molar-refractivity contribution in [3.05, 3.63) is 48.0 Å². The first-order valence-electron chi connectivity index (χ1n) is 6.99. The van der Waals surface area contributed by atoms with Gasteiger partial charge in [-0.15, -0.1) is 0 Å². The number of amides is 2. The number of carbonyl (C=O) groups excluding carboxylic acids is 1. The topological polar surface area (TPSA) is 53.6 Å². The number of hydrogen-bond acceptors (Lipinski definition) is 3. The Bertz CT molecular complexity index is 651. The van der Waals surface area contributed by atoms with Crippen molar-refractivity contribution in [1.29, 1.82) is 0 Å². The van der Waals surface area contributed by atoms with Gasteiger partial charge in [0.2, 0.25) is 0 Å². The Hall–Kier alpha value is -2.69. The van der Waals surface area contributed by atoms with Gasteiger partial charge in [-0.2, -0.15) is 0 Å². The van der Waals surface area contributed by atoms with Crippen LogP contribution in [0.2, 0.25) is 0 Å². The van der Waals surface area contributed by atoms with Crippen molar-refractivity contribution in [3.63, 3.8) is 0 Å². The van der Waals surface area contributed by atoms with Crippen LogP contribution in [0.5, 0.6) is 5.75 Å². The van der Waals surface area contributed by atoms with E-state index in [9.17, 15) is 4.79 Å². The fourth-order valence-corrected chi connectivity index (χ4v) is 2.03. The largest absolute Gasteiger partial charge is 0.497 e. The normalized spacial score (nSPS) is 10.0. The van der Waals surface area contributed by atoms with Gasteiger partial charge in [0.25, 0.3) is 0 Å². The predicted molar refractivity (Wildman–Crippen MR) is 91.1 cm³/mol. The van der Waals surface area contributed by atoms with Crippen molar-refractivity contribution in [3.8, 4) is 5.75 Å². The fourth-order valence-electron chi connectivity index (χ4n) is 2.03. The quantitative estimate of drug-likeness (QED) is 0.905. The lowest BCUT2D eigenvalue weighted by molar-refractivity contribution is 0.262. The highest BCUT2D eigenvalue weighted by Gasteiger charge is 2.06. The number of hydrogen-bond donors (Lipinski definition) is 2. The summed E-state index contributed by atoms with van der Waals surface area (Å²) in [6, 6.07) is 12.9. The molecule has 0 fully saturated rings. The smallest absolute Gasteiger partial charge is 0.323 e. The third kappa shape index (κ3) is 3.91. The molecule has 0 spiro atoms. The average molecular weight is 299 g/mol. The van der Waals surface area contributed by atoms with E-state index in [2.05, 4.69) is 10.6 Å². The Labute approximate surface area is 130 Å². The van der Waals surface area contributed by atoms with Gasteiger partial charge < -0.3 is 20.3 Å². The van der Waals surface area contributed by atoms with Gasteiger partial charge >= 0.3 is 6.03 Å². The Kier molecular flexibility index (Phi) is 4.88. The highest BCUT2D eigenvalue weighted by Crippen LogP contribution is 2.21. The molecule has 0 aliphatic rings. The molecule has 0 aliphatic heterocycles. The molecule has 0 radical (unpaired) electrons. The average Bonchev–Trinajstić information content (AvgIpc) is 2.49. The molecule has 2 N–H and O–H groups in total. The van der Waals surface area contributed by atoms with E-state index in [0.717, 1.165) is 28.4 Å². The van der Waals surface area contributed by atoms with Crippen molar-refractivity contribution >= 4 is 23.1 Å². The van der Waals surface area contributed by atoms with E-state index in [0.29, 0.717) is 0 Å². The molecule has 0 saturated carbocycles. The molecule has 116 valence electrons. The third-order valence-corrected chi connectivity index (χ3v) is 3.32. The Morgan fingerprint density at radius 3 is 2.27 bits per heavy atom. The molecular weight excluding hydrogens is 278 g/mol. The van der Waals surface area contributed by atoms with Crippen molar-refractivity contribution in [1.82, 2.24) is 0 Å². The summed E-state index contributed by atoms with van der Waals surface area (Å²) in [7, 11) is 5.56. The standard InChI is InChI=1S/C17H21N3O2/c1-12-11-15(22-4)9-10-16(12)19-17(21)18-13-5-7-14(8-6-13)20(2)3/h5-11H,1-4H3,(H2,18,19,21). The lowest BCUT2D eigenvalue weighted by Gasteiger charge is -2.14. The number of methoxy groups -OCH3 is 1. The van der Waals surface area contributed by atoms with Crippen LogP contribution in [0, 0.1) is 6.92 Å². The van der Waals surface area contributed by atoms with Gasteiger partial charge in [-0.25, -0.2) is 4.79 Å². The summed E-state index contributed by atoms with van der Waals surface area (Å²) in [5.74, 6) is 0.766. The van der Waals surface area contributed by atoms with Crippen LogP contribution in [-0.4, -0.2) is 27.2 Å². The number of benzene rings is 2. The molecule has 0 heterocycles. The molecule has 5 heteroatoms. The van der Waals surface area contributed by atoms with E-state index in [-0.39, 0.29) is 6.03 Å². The molecule has 0 saturated heterocycles. The van der Waals surface area contributed by atoms with Crippen molar-refractivity contribution in [2.75, 3.05) is 36.7 Å². The first-order chi connectivity index (χ1) is 10.5. The highest BCUT2D eigenvalue weighted by molar-refractivity contribution is 6.00. The molecule has 0 bridgehead atoms. The lowest BCUT2D eigenvalue weighted by atomic mass is 10.2. The number of nitrogens with zero attached hydrogens (tertiary/aromatic N) is 1. The number of rotatable bonds is 4. The Balaban J connectivity index is 2.00. The molecule has 2 aromatic carbocycles. The summed E-state index contributed by atoms with van der Waals surface area (Å²) >= 11 is 0. The van der Waals surface area contributed by atoms with Crippen LogP contribution < -0.4 is 20.3 Å². The summed E-state index contributed by atoms with van der Waals surface area (Å²) in [6.45, 7) is 1.92.